The molecule has 1 aromatic rings. The zero-order chi connectivity index (χ0) is 26.3. The Bertz CT molecular complexity index is 938. The zero-order valence-corrected chi connectivity index (χ0v) is 19.8. The lowest BCUT2D eigenvalue weighted by Gasteiger charge is -2.29. The summed E-state index contributed by atoms with van der Waals surface area (Å²) in [6.45, 7) is 1.36. The number of carbonyl (C=O) groups is 3. The summed E-state index contributed by atoms with van der Waals surface area (Å²) in [5.74, 6) is -2.41. The van der Waals surface area contributed by atoms with Crippen LogP contribution in [0.15, 0.2) is 18.2 Å². The van der Waals surface area contributed by atoms with Crippen LogP contribution in [0, 0.1) is 0 Å². The zero-order valence-electron chi connectivity index (χ0n) is 19.8. The van der Waals surface area contributed by atoms with Crippen LogP contribution >= 0.6 is 0 Å². The van der Waals surface area contributed by atoms with E-state index in [1.165, 1.54) is 13.0 Å². The van der Waals surface area contributed by atoms with Crippen LogP contribution in [-0.2, 0) is 25.4 Å². The number of halogens is 3. The maximum absolute atomic E-state index is 12.7. The molecular formula is C23H29BF3NO8. The van der Waals surface area contributed by atoms with E-state index in [0.29, 0.717) is 5.56 Å². The molecule has 1 aliphatic heterocycles. The number of hydrogen-bond donors (Lipinski definition) is 2. The van der Waals surface area contributed by atoms with Crippen LogP contribution in [0.5, 0.6) is 5.75 Å². The second kappa shape index (κ2) is 12.3. The Morgan fingerprint density at radius 3 is 2.61 bits per heavy atom. The predicted molar refractivity (Wildman–Crippen MR) is 120 cm³/mol. The average molecular weight is 515 g/mol. The highest BCUT2D eigenvalue weighted by Crippen LogP contribution is 2.31. The molecule has 9 nitrogen and oxygen atoms in total. The number of esters is 1. The normalized spacial score (nSPS) is 18.9. The molecule has 1 heterocycles. The van der Waals surface area contributed by atoms with E-state index in [-0.39, 0.29) is 36.7 Å². The van der Waals surface area contributed by atoms with Crippen molar-refractivity contribution in [2.75, 3.05) is 0 Å². The van der Waals surface area contributed by atoms with Gasteiger partial charge in [-0.15, -0.1) is 0 Å². The summed E-state index contributed by atoms with van der Waals surface area (Å²) in [7, 11) is -1.54. The van der Waals surface area contributed by atoms with Crippen molar-refractivity contribution in [1.82, 2.24) is 5.32 Å². The van der Waals surface area contributed by atoms with E-state index in [1.54, 1.807) is 12.1 Å². The molecule has 2 N–H and O–H groups in total. The minimum atomic E-state index is -4.35. The first-order chi connectivity index (χ1) is 17.0. The summed E-state index contributed by atoms with van der Waals surface area (Å²) in [5, 5.41) is 12.8. The molecule has 0 saturated heterocycles. The molecule has 1 aliphatic carbocycles. The summed E-state index contributed by atoms with van der Waals surface area (Å²) >= 11 is 0. The van der Waals surface area contributed by atoms with E-state index in [9.17, 15) is 32.6 Å². The maximum atomic E-state index is 12.7. The van der Waals surface area contributed by atoms with Gasteiger partial charge in [0, 0.05) is 19.8 Å². The molecule has 3 rings (SSSR count). The Kier molecular flexibility index (Phi) is 9.46. The maximum Gasteiger partial charge on any atom is 0.547 e. The highest BCUT2D eigenvalue weighted by Gasteiger charge is 2.38. The van der Waals surface area contributed by atoms with Crippen molar-refractivity contribution in [3.05, 3.63) is 29.3 Å². The first-order valence-corrected chi connectivity index (χ1v) is 11.9. The molecule has 1 aromatic carbocycles. The van der Waals surface area contributed by atoms with Crippen LogP contribution in [0.4, 0.5) is 18.0 Å². The van der Waals surface area contributed by atoms with Crippen LogP contribution in [0.1, 0.15) is 74.2 Å². The van der Waals surface area contributed by atoms with E-state index in [1.807, 2.05) is 0 Å². The van der Waals surface area contributed by atoms with Crippen molar-refractivity contribution in [2.24, 2.45) is 0 Å². The summed E-state index contributed by atoms with van der Waals surface area (Å²) in [6.07, 6.45) is -3.95. The van der Waals surface area contributed by atoms with Crippen LogP contribution in [0.2, 0.25) is 0 Å². The van der Waals surface area contributed by atoms with E-state index in [0.717, 1.165) is 32.1 Å². The van der Waals surface area contributed by atoms with Gasteiger partial charge >= 0.3 is 25.4 Å². The largest absolute Gasteiger partial charge is 0.547 e. The number of nitrogens with one attached hydrogen (secondary N) is 1. The van der Waals surface area contributed by atoms with Gasteiger partial charge in [-0.05, 0) is 50.2 Å². The van der Waals surface area contributed by atoms with E-state index in [4.69, 9.17) is 18.9 Å². The molecule has 13 heteroatoms. The fourth-order valence-corrected chi connectivity index (χ4v) is 4.16. The van der Waals surface area contributed by atoms with Gasteiger partial charge in [-0.2, -0.15) is 13.2 Å². The second-order valence-corrected chi connectivity index (χ2v) is 8.87. The topological polar surface area (TPSA) is 120 Å². The second-order valence-electron chi connectivity index (χ2n) is 8.87. The number of rotatable bonds is 8. The number of amides is 1. The fraction of sp³-hybridized carbons (Fsp3) is 0.609. The molecule has 0 spiro atoms. The van der Waals surface area contributed by atoms with E-state index >= 15 is 0 Å². The number of para-hydroxylation sites is 1. The van der Waals surface area contributed by atoms with Gasteiger partial charge in [0.2, 0.25) is 12.2 Å². The van der Waals surface area contributed by atoms with Gasteiger partial charge in [0.25, 0.3) is 0 Å². The monoisotopic (exact) mass is 515 g/mol. The Morgan fingerprint density at radius 1 is 1.19 bits per heavy atom. The highest BCUT2D eigenvalue weighted by molar-refractivity contribution is 6.47. The van der Waals surface area contributed by atoms with Gasteiger partial charge in [-0.25, -0.2) is 9.59 Å². The van der Waals surface area contributed by atoms with Gasteiger partial charge in [0.05, 0.1) is 5.94 Å². The molecular weight excluding hydrogens is 486 g/mol. The third kappa shape index (κ3) is 8.32. The molecule has 1 fully saturated rings. The lowest BCUT2D eigenvalue weighted by molar-refractivity contribution is -0.137. The summed E-state index contributed by atoms with van der Waals surface area (Å²) in [6, 6.07) is 4.56. The smallest absolute Gasteiger partial charge is 0.534 e. The number of hydrogen-bond acceptors (Lipinski definition) is 8. The number of benzene rings is 1. The number of carbonyl (C=O) groups excluding carboxylic acids is 3. The van der Waals surface area contributed by atoms with E-state index < -0.39 is 50.0 Å². The van der Waals surface area contributed by atoms with Crippen LogP contribution in [0.3, 0.4) is 0 Å². The van der Waals surface area contributed by atoms with Crippen molar-refractivity contribution in [1.29, 1.82) is 0 Å². The Morgan fingerprint density at radius 2 is 1.92 bits per heavy atom. The molecule has 0 bridgehead atoms. The van der Waals surface area contributed by atoms with Crippen molar-refractivity contribution in [3.8, 4) is 5.75 Å². The van der Waals surface area contributed by atoms with Crippen LogP contribution in [0.25, 0.3) is 0 Å². The molecule has 1 unspecified atom stereocenters. The molecule has 2 aliphatic rings. The summed E-state index contributed by atoms with van der Waals surface area (Å²) < 4.78 is 57.7. The van der Waals surface area contributed by atoms with Crippen molar-refractivity contribution >= 4 is 25.2 Å². The van der Waals surface area contributed by atoms with Crippen molar-refractivity contribution < 1.29 is 51.4 Å². The van der Waals surface area contributed by atoms with Gasteiger partial charge in [0.15, 0.2) is 0 Å². The van der Waals surface area contributed by atoms with Gasteiger partial charge in [0.1, 0.15) is 17.4 Å². The lowest BCUT2D eigenvalue weighted by Crippen LogP contribution is -2.53. The van der Waals surface area contributed by atoms with Gasteiger partial charge in [-0.3, -0.25) is 4.79 Å². The standard InChI is InChI=1S/C23H29BF3NO8/c1-14(34-22(31)35-16-8-3-2-4-9-16)33-21(30)17-10-5-7-15-13-18(24(32)36-20(15)17)28-19(29)11-6-12-23(25,26)27/h5,7,10,14,16,18,32H,2-4,6,8-9,11-13H2,1H3,(H,28,29)/t14?,18-/m0/s1. The Balaban J connectivity index is 1.53. The number of alkyl halides is 3. The summed E-state index contributed by atoms with van der Waals surface area (Å²) in [4.78, 5) is 36.7. The van der Waals surface area contributed by atoms with Gasteiger partial charge in [-0.1, -0.05) is 18.6 Å². The Labute approximate surface area is 206 Å². The van der Waals surface area contributed by atoms with Crippen molar-refractivity contribution in [3.63, 3.8) is 0 Å². The minimum absolute atomic E-state index is 0.0300. The molecule has 0 aromatic heterocycles. The number of fused-ring (bicyclic) bond motifs is 1. The van der Waals surface area contributed by atoms with Gasteiger partial charge < -0.3 is 29.2 Å². The van der Waals surface area contributed by atoms with Crippen molar-refractivity contribution in [2.45, 2.75) is 89.2 Å². The molecule has 2 atom stereocenters. The summed E-state index contributed by atoms with van der Waals surface area (Å²) in [5.41, 5.74) is 0.443. The molecule has 1 saturated carbocycles. The molecule has 36 heavy (non-hydrogen) atoms. The molecule has 1 amide bonds. The third-order valence-corrected chi connectivity index (χ3v) is 5.90. The minimum Gasteiger partial charge on any atom is -0.534 e. The molecule has 0 radical (unpaired) electrons. The predicted octanol–water partition coefficient (Wildman–Crippen LogP) is 3.85. The molecule has 198 valence electrons. The van der Waals surface area contributed by atoms with Crippen LogP contribution < -0.4 is 9.97 Å². The number of ether oxygens (including phenoxy) is 3. The van der Waals surface area contributed by atoms with Crippen LogP contribution in [-0.4, -0.2) is 54.7 Å². The third-order valence-electron chi connectivity index (χ3n) is 5.90. The first kappa shape index (κ1) is 27.6. The van der Waals surface area contributed by atoms with E-state index in [2.05, 4.69) is 5.32 Å². The highest BCUT2D eigenvalue weighted by atomic mass is 19.4. The quantitative estimate of drug-likeness (QED) is 0.305. The lowest BCUT2D eigenvalue weighted by atomic mass is 9.72. The average Bonchev–Trinajstić information content (AvgIpc) is 2.78. The Hall–Kier alpha value is -2.96. The fourth-order valence-electron chi connectivity index (χ4n) is 4.16. The first-order valence-electron chi connectivity index (χ1n) is 11.9. The SMILES string of the molecule is CC(OC(=O)OC1CCCCC1)OC(=O)c1cccc2c1OB(O)[C@@H](NC(=O)CCCC(F)(F)F)C2.